The van der Waals surface area contributed by atoms with Crippen LogP contribution in [0.4, 0.5) is 0 Å². The monoisotopic (exact) mass is 386 g/mol. The van der Waals surface area contributed by atoms with Crippen LogP contribution in [0.2, 0.25) is 0 Å². The summed E-state index contributed by atoms with van der Waals surface area (Å²) in [6.07, 6.45) is 0.345. The number of hydrogen-bond donors (Lipinski definition) is 2. The van der Waals surface area contributed by atoms with Gasteiger partial charge in [0.2, 0.25) is 5.91 Å². The second kappa shape index (κ2) is 7.09. The third kappa shape index (κ3) is 3.46. The van der Waals surface area contributed by atoms with Gasteiger partial charge in [0, 0.05) is 33.2 Å². The highest BCUT2D eigenvalue weighted by Gasteiger charge is 2.13. The molecule has 5 heteroatoms. The fourth-order valence-corrected chi connectivity index (χ4v) is 3.21. The van der Waals surface area contributed by atoms with E-state index in [4.69, 9.17) is 4.74 Å². The maximum atomic E-state index is 12.4. The summed E-state index contributed by atoms with van der Waals surface area (Å²) in [5, 5.41) is 4.05. The van der Waals surface area contributed by atoms with Gasteiger partial charge in [0.05, 0.1) is 13.5 Å². The largest absolute Gasteiger partial charge is 0.496 e. The van der Waals surface area contributed by atoms with Gasteiger partial charge in [-0.1, -0.05) is 34.1 Å². The number of aromatic amines is 1. The number of amides is 1. The molecule has 3 rings (SSSR count). The molecule has 124 valence electrons. The maximum absolute atomic E-state index is 12.4. The van der Waals surface area contributed by atoms with E-state index in [-0.39, 0.29) is 5.91 Å². The first kappa shape index (κ1) is 16.6. The standard InChI is InChI=1S/C19H19BrN2O2/c1-12-15(16-9-14(20)7-8-17(16)22-12)10-19(23)21-11-13-5-3-4-6-18(13)24-2/h3-9,22H,10-11H2,1-2H3,(H,21,23). The van der Waals surface area contributed by atoms with Crippen molar-refractivity contribution in [2.45, 2.75) is 19.9 Å². The van der Waals surface area contributed by atoms with E-state index >= 15 is 0 Å². The molecule has 4 nitrogen and oxygen atoms in total. The second-order valence-electron chi connectivity index (χ2n) is 5.68. The first-order chi connectivity index (χ1) is 11.6. The predicted octanol–water partition coefficient (Wildman–Crippen LogP) is 4.11. The van der Waals surface area contributed by atoms with Crippen LogP contribution in [0.1, 0.15) is 16.8 Å². The van der Waals surface area contributed by atoms with Crippen LogP contribution in [-0.4, -0.2) is 18.0 Å². The van der Waals surface area contributed by atoms with Crippen molar-refractivity contribution < 1.29 is 9.53 Å². The van der Waals surface area contributed by atoms with Crippen LogP contribution in [-0.2, 0) is 17.8 Å². The summed E-state index contributed by atoms with van der Waals surface area (Å²) in [6, 6.07) is 13.7. The molecule has 0 aliphatic carbocycles. The number of aromatic nitrogens is 1. The Morgan fingerprint density at radius 3 is 2.83 bits per heavy atom. The molecule has 0 saturated carbocycles. The zero-order chi connectivity index (χ0) is 17.1. The number of benzene rings is 2. The number of rotatable bonds is 5. The quantitative estimate of drug-likeness (QED) is 0.693. The van der Waals surface area contributed by atoms with Crippen molar-refractivity contribution in [3.05, 3.63) is 63.8 Å². The summed E-state index contributed by atoms with van der Waals surface area (Å²) in [4.78, 5) is 15.7. The molecule has 0 aliphatic rings. The van der Waals surface area contributed by atoms with Crippen molar-refractivity contribution in [2.75, 3.05) is 7.11 Å². The lowest BCUT2D eigenvalue weighted by molar-refractivity contribution is -0.120. The van der Waals surface area contributed by atoms with Gasteiger partial charge in [0.25, 0.3) is 0 Å². The number of ether oxygens (including phenoxy) is 1. The summed E-state index contributed by atoms with van der Waals surface area (Å²) in [6.45, 7) is 2.45. The van der Waals surface area contributed by atoms with Crippen molar-refractivity contribution in [2.24, 2.45) is 0 Å². The van der Waals surface area contributed by atoms with Crippen LogP contribution >= 0.6 is 15.9 Å². The van der Waals surface area contributed by atoms with Crippen molar-refractivity contribution in [1.29, 1.82) is 0 Å². The van der Waals surface area contributed by atoms with Gasteiger partial charge in [0.15, 0.2) is 0 Å². The van der Waals surface area contributed by atoms with E-state index in [1.165, 1.54) is 0 Å². The highest BCUT2D eigenvalue weighted by atomic mass is 79.9. The SMILES string of the molecule is COc1ccccc1CNC(=O)Cc1c(C)[nH]c2ccc(Br)cc12. The van der Waals surface area contributed by atoms with Gasteiger partial charge >= 0.3 is 0 Å². The van der Waals surface area contributed by atoms with E-state index in [1.807, 2.05) is 49.4 Å². The lowest BCUT2D eigenvalue weighted by Crippen LogP contribution is -2.25. The molecule has 2 aromatic carbocycles. The van der Waals surface area contributed by atoms with Gasteiger partial charge in [0.1, 0.15) is 5.75 Å². The molecule has 0 spiro atoms. The minimum atomic E-state index is -0.00937. The highest BCUT2D eigenvalue weighted by molar-refractivity contribution is 9.10. The Morgan fingerprint density at radius 2 is 2.04 bits per heavy atom. The first-order valence-electron chi connectivity index (χ1n) is 7.74. The Labute approximate surface area is 149 Å². The number of aryl methyl sites for hydroxylation is 1. The summed E-state index contributed by atoms with van der Waals surface area (Å²) in [7, 11) is 1.63. The Balaban J connectivity index is 1.73. The van der Waals surface area contributed by atoms with Crippen LogP contribution in [0.15, 0.2) is 46.9 Å². The summed E-state index contributed by atoms with van der Waals surface area (Å²) < 4.78 is 6.32. The fourth-order valence-electron chi connectivity index (χ4n) is 2.85. The molecule has 0 fully saturated rings. The Bertz CT molecular complexity index is 886. The topological polar surface area (TPSA) is 54.1 Å². The highest BCUT2D eigenvalue weighted by Crippen LogP contribution is 2.26. The van der Waals surface area contributed by atoms with E-state index in [2.05, 4.69) is 26.2 Å². The molecular weight excluding hydrogens is 368 g/mol. The van der Waals surface area contributed by atoms with Crippen LogP contribution in [0.3, 0.4) is 0 Å². The molecular formula is C19H19BrN2O2. The molecule has 3 aromatic rings. The Morgan fingerprint density at radius 1 is 1.25 bits per heavy atom. The molecule has 0 unspecified atom stereocenters. The zero-order valence-electron chi connectivity index (χ0n) is 13.7. The number of H-pyrrole nitrogens is 1. The van der Waals surface area contributed by atoms with Gasteiger partial charge in [-0.05, 0) is 36.8 Å². The molecule has 0 atom stereocenters. The van der Waals surface area contributed by atoms with Gasteiger partial charge in [-0.25, -0.2) is 0 Å². The van der Waals surface area contributed by atoms with E-state index < -0.39 is 0 Å². The van der Waals surface area contributed by atoms with E-state index in [9.17, 15) is 4.79 Å². The zero-order valence-corrected chi connectivity index (χ0v) is 15.2. The minimum Gasteiger partial charge on any atom is -0.496 e. The first-order valence-corrected chi connectivity index (χ1v) is 8.53. The number of hydrogen-bond acceptors (Lipinski definition) is 2. The van der Waals surface area contributed by atoms with E-state index in [1.54, 1.807) is 7.11 Å². The number of nitrogens with one attached hydrogen (secondary N) is 2. The van der Waals surface area contributed by atoms with Crippen molar-refractivity contribution >= 4 is 32.7 Å². The number of carbonyl (C=O) groups is 1. The number of para-hydroxylation sites is 1. The number of fused-ring (bicyclic) bond motifs is 1. The van der Waals surface area contributed by atoms with Gasteiger partial charge in [-0.2, -0.15) is 0 Å². The van der Waals surface area contributed by atoms with Gasteiger partial charge < -0.3 is 15.0 Å². The maximum Gasteiger partial charge on any atom is 0.224 e. The molecule has 0 aliphatic heterocycles. The molecule has 1 heterocycles. The summed E-state index contributed by atoms with van der Waals surface area (Å²) in [5.41, 5.74) is 4.06. The van der Waals surface area contributed by atoms with Crippen LogP contribution in [0.5, 0.6) is 5.75 Å². The molecule has 1 aromatic heterocycles. The van der Waals surface area contributed by atoms with E-state index in [0.717, 1.165) is 37.9 Å². The third-order valence-corrected chi connectivity index (χ3v) is 4.58. The van der Waals surface area contributed by atoms with Gasteiger partial charge in [-0.3, -0.25) is 4.79 Å². The molecule has 0 bridgehead atoms. The van der Waals surface area contributed by atoms with Crippen molar-refractivity contribution in [3.8, 4) is 5.75 Å². The molecule has 0 saturated heterocycles. The number of halogens is 1. The van der Waals surface area contributed by atoms with Crippen LogP contribution < -0.4 is 10.1 Å². The van der Waals surface area contributed by atoms with Gasteiger partial charge in [-0.15, -0.1) is 0 Å². The average Bonchev–Trinajstić information content (AvgIpc) is 2.88. The van der Waals surface area contributed by atoms with Crippen molar-refractivity contribution in [1.82, 2.24) is 10.3 Å². The molecule has 0 radical (unpaired) electrons. The molecule has 2 N–H and O–H groups in total. The van der Waals surface area contributed by atoms with Crippen molar-refractivity contribution in [3.63, 3.8) is 0 Å². The minimum absolute atomic E-state index is 0.00937. The lowest BCUT2D eigenvalue weighted by atomic mass is 10.1. The third-order valence-electron chi connectivity index (χ3n) is 4.09. The number of carbonyl (C=O) groups excluding carboxylic acids is 1. The second-order valence-corrected chi connectivity index (χ2v) is 6.60. The van der Waals surface area contributed by atoms with Crippen LogP contribution in [0.25, 0.3) is 10.9 Å². The smallest absolute Gasteiger partial charge is 0.224 e. The summed E-state index contributed by atoms with van der Waals surface area (Å²) in [5.74, 6) is 0.773. The Kier molecular flexibility index (Phi) is 4.90. The Hall–Kier alpha value is -2.27. The normalized spacial score (nSPS) is 10.8. The number of methoxy groups -OCH3 is 1. The fraction of sp³-hybridized carbons (Fsp3) is 0.211. The average molecular weight is 387 g/mol. The molecule has 1 amide bonds. The molecule has 24 heavy (non-hydrogen) atoms. The lowest BCUT2D eigenvalue weighted by Gasteiger charge is -2.09. The summed E-state index contributed by atoms with van der Waals surface area (Å²) >= 11 is 3.49. The predicted molar refractivity (Wildman–Crippen MR) is 99.3 cm³/mol. The van der Waals surface area contributed by atoms with Crippen LogP contribution in [0, 0.1) is 6.92 Å². The van der Waals surface area contributed by atoms with E-state index in [0.29, 0.717) is 13.0 Å².